The van der Waals surface area contributed by atoms with Gasteiger partial charge in [0.25, 0.3) is 0 Å². The zero-order valence-corrected chi connectivity index (χ0v) is 12.1. The molecule has 1 nitrogen and oxygen atoms in total. The van der Waals surface area contributed by atoms with Gasteiger partial charge in [0.2, 0.25) is 0 Å². The molecule has 0 aromatic heterocycles. The first-order valence-electron chi connectivity index (χ1n) is 6.98. The van der Waals surface area contributed by atoms with Gasteiger partial charge >= 0.3 is 0 Å². The number of hydrogen-bond donors (Lipinski definition) is 1. The van der Waals surface area contributed by atoms with Crippen molar-refractivity contribution >= 4 is 11.6 Å². The summed E-state index contributed by atoms with van der Waals surface area (Å²) in [5.74, 6) is -0.217. The number of nitrogens with one attached hydrogen (secondary N) is 1. The molecule has 0 saturated heterocycles. The van der Waals surface area contributed by atoms with Crippen molar-refractivity contribution in [2.24, 2.45) is 0 Å². The molecule has 0 aliphatic heterocycles. The Hall–Kier alpha value is -0.860. The maximum absolute atomic E-state index is 13.3. The zero-order valence-electron chi connectivity index (χ0n) is 11.4. The molecule has 1 N–H and O–H groups in total. The fourth-order valence-corrected chi connectivity index (χ4v) is 2.84. The molecule has 2 rings (SSSR count). The van der Waals surface area contributed by atoms with Crippen LogP contribution in [0.3, 0.4) is 0 Å². The lowest BCUT2D eigenvalue weighted by molar-refractivity contribution is 0.530. The quantitative estimate of drug-likeness (QED) is 0.784. The van der Waals surface area contributed by atoms with E-state index in [1.165, 1.54) is 37.3 Å². The number of rotatable bonds is 5. The normalized spacial score (nSPS) is 17.1. The van der Waals surface area contributed by atoms with Crippen LogP contribution in [0, 0.1) is 5.82 Å². The Labute approximate surface area is 119 Å². The van der Waals surface area contributed by atoms with E-state index in [0.717, 1.165) is 18.4 Å². The summed E-state index contributed by atoms with van der Waals surface area (Å²) in [6.45, 7) is 0. The Morgan fingerprint density at radius 2 is 2.16 bits per heavy atom. The molecule has 1 aromatic carbocycles. The Balaban J connectivity index is 2.02. The van der Waals surface area contributed by atoms with Crippen LogP contribution in [0.2, 0.25) is 5.02 Å². The van der Waals surface area contributed by atoms with Crippen LogP contribution in [0.5, 0.6) is 0 Å². The third-order valence-corrected chi connectivity index (χ3v) is 4.14. The molecular weight excluding hydrogens is 261 g/mol. The first-order valence-corrected chi connectivity index (χ1v) is 7.36. The first-order chi connectivity index (χ1) is 9.19. The van der Waals surface area contributed by atoms with Crippen LogP contribution in [0.15, 0.2) is 29.8 Å². The molecule has 0 spiro atoms. The van der Waals surface area contributed by atoms with Crippen molar-refractivity contribution in [3.05, 3.63) is 46.3 Å². The summed E-state index contributed by atoms with van der Waals surface area (Å²) in [6.07, 6.45) is 9.17. The second-order valence-corrected chi connectivity index (χ2v) is 5.64. The van der Waals surface area contributed by atoms with Crippen LogP contribution in [0.4, 0.5) is 4.39 Å². The van der Waals surface area contributed by atoms with Gasteiger partial charge in [-0.25, -0.2) is 4.39 Å². The van der Waals surface area contributed by atoms with Crippen molar-refractivity contribution < 1.29 is 4.39 Å². The van der Waals surface area contributed by atoms with E-state index in [-0.39, 0.29) is 5.82 Å². The van der Waals surface area contributed by atoms with Crippen LogP contribution >= 0.6 is 11.6 Å². The number of benzene rings is 1. The highest BCUT2D eigenvalue weighted by atomic mass is 35.5. The maximum atomic E-state index is 13.3. The topological polar surface area (TPSA) is 12.0 Å². The number of halogens is 2. The molecule has 1 aliphatic rings. The number of allylic oxidation sites excluding steroid dienone is 1. The second-order valence-electron chi connectivity index (χ2n) is 5.24. The van der Waals surface area contributed by atoms with E-state index in [4.69, 9.17) is 11.6 Å². The lowest BCUT2D eigenvalue weighted by Gasteiger charge is -2.21. The highest BCUT2D eigenvalue weighted by Crippen LogP contribution is 2.24. The smallest absolute Gasteiger partial charge is 0.123 e. The lowest BCUT2D eigenvalue weighted by Crippen LogP contribution is -2.28. The molecule has 3 heteroatoms. The Morgan fingerprint density at radius 3 is 2.84 bits per heavy atom. The van der Waals surface area contributed by atoms with Crippen molar-refractivity contribution in [3.8, 4) is 0 Å². The summed E-state index contributed by atoms with van der Waals surface area (Å²) in [5, 5.41) is 3.97. The standard InChI is InChI=1S/C16H21ClFN/c1-19-15(9-12-5-3-2-4-6-12)11-13-10-14(18)7-8-16(13)17/h5,7-8,10,15,19H,2-4,6,9,11H2,1H3. The molecule has 0 amide bonds. The van der Waals surface area contributed by atoms with Crippen LogP contribution in [-0.2, 0) is 6.42 Å². The Bertz CT molecular complexity index is 456. The van der Waals surface area contributed by atoms with E-state index in [0.29, 0.717) is 11.1 Å². The van der Waals surface area contributed by atoms with Gasteiger partial charge in [0.05, 0.1) is 0 Å². The summed E-state index contributed by atoms with van der Waals surface area (Å²) in [6, 6.07) is 4.91. The van der Waals surface area contributed by atoms with Gasteiger partial charge in [-0.15, -0.1) is 0 Å². The monoisotopic (exact) mass is 281 g/mol. The van der Waals surface area contributed by atoms with Gasteiger partial charge in [0.1, 0.15) is 5.82 Å². The van der Waals surface area contributed by atoms with Crippen molar-refractivity contribution in [1.82, 2.24) is 5.32 Å². The molecule has 0 bridgehead atoms. The van der Waals surface area contributed by atoms with Gasteiger partial charge in [-0.05, 0) is 69.3 Å². The minimum absolute atomic E-state index is 0.217. The SMILES string of the molecule is CNC(CC1=CCCCC1)Cc1cc(F)ccc1Cl. The second kappa shape index (κ2) is 7.06. The summed E-state index contributed by atoms with van der Waals surface area (Å²) >= 11 is 6.13. The fraction of sp³-hybridized carbons (Fsp3) is 0.500. The molecule has 104 valence electrons. The summed E-state index contributed by atoms with van der Waals surface area (Å²) in [5.41, 5.74) is 2.41. The van der Waals surface area contributed by atoms with E-state index in [1.807, 2.05) is 7.05 Å². The molecule has 0 saturated carbocycles. The molecule has 1 aromatic rings. The molecule has 1 unspecified atom stereocenters. The third kappa shape index (κ3) is 4.32. The van der Waals surface area contributed by atoms with E-state index < -0.39 is 0 Å². The van der Waals surface area contributed by atoms with Gasteiger partial charge in [-0.1, -0.05) is 23.3 Å². The average Bonchev–Trinajstić information content (AvgIpc) is 2.43. The minimum Gasteiger partial charge on any atom is -0.316 e. The summed E-state index contributed by atoms with van der Waals surface area (Å²) in [4.78, 5) is 0. The van der Waals surface area contributed by atoms with Gasteiger partial charge in [-0.3, -0.25) is 0 Å². The highest BCUT2D eigenvalue weighted by molar-refractivity contribution is 6.31. The molecule has 0 fully saturated rings. The third-order valence-electron chi connectivity index (χ3n) is 3.78. The van der Waals surface area contributed by atoms with E-state index >= 15 is 0 Å². The van der Waals surface area contributed by atoms with Crippen molar-refractivity contribution in [2.45, 2.75) is 44.6 Å². The van der Waals surface area contributed by atoms with E-state index in [9.17, 15) is 4.39 Å². The Kier molecular flexibility index (Phi) is 5.41. The molecular formula is C16H21ClFN. The molecule has 19 heavy (non-hydrogen) atoms. The van der Waals surface area contributed by atoms with Gasteiger partial charge in [0.15, 0.2) is 0 Å². The minimum atomic E-state index is -0.217. The van der Waals surface area contributed by atoms with E-state index in [2.05, 4.69) is 11.4 Å². The Morgan fingerprint density at radius 1 is 1.32 bits per heavy atom. The van der Waals surface area contributed by atoms with Crippen molar-refractivity contribution in [3.63, 3.8) is 0 Å². The number of hydrogen-bond acceptors (Lipinski definition) is 1. The molecule has 0 radical (unpaired) electrons. The summed E-state index contributed by atoms with van der Waals surface area (Å²) in [7, 11) is 1.96. The van der Waals surface area contributed by atoms with Gasteiger partial charge in [0, 0.05) is 11.1 Å². The molecule has 1 atom stereocenters. The van der Waals surface area contributed by atoms with Crippen molar-refractivity contribution in [2.75, 3.05) is 7.05 Å². The predicted octanol–water partition coefficient (Wildman–Crippen LogP) is 4.50. The average molecular weight is 282 g/mol. The van der Waals surface area contributed by atoms with Crippen LogP contribution < -0.4 is 5.32 Å². The predicted molar refractivity (Wildman–Crippen MR) is 79.1 cm³/mol. The van der Waals surface area contributed by atoms with Gasteiger partial charge < -0.3 is 5.32 Å². The van der Waals surface area contributed by atoms with Crippen LogP contribution in [0.25, 0.3) is 0 Å². The summed E-state index contributed by atoms with van der Waals surface area (Å²) < 4.78 is 13.3. The maximum Gasteiger partial charge on any atom is 0.123 e. The highest BCUT2D eigenvalue weighted by Gasteiger charge is 2.14. The molecule has 1 aliphatic carbocycles. The van der Waals surface area contributed by atoms with E-state index in [1.54, 1.807) is 12.1 Å². The largest absolute Gasteiger partial charge is 0.316 e. The van der Waals surface area contributed by atoms with Crippen molar-refractivity contribution in [1.29, 1.82) is 0 Å². The zero-order chi connectivity index (χ0) is 13.7. The van der Waals surface area contributed by atoms with Crippen LogP contribution in [-0.4, -0.2) is 13.1 Å². The van der Waals surface area contributed by atoms with Gasteiger partial charge in [-0.2, -0.15) is 0 Å². The first kappa shape index (κ1) is 14.5. The lowest BCUT2D eigenvalue weighted by atomic mass is 9.92. The van der Waals surface area contributed by atoms with Crippen LogP contribution in [0.1, 0.15) is 37.7 Å². The number of likely N-dealkylation sites (N-methyl/N-ethyl adjacent to an activating group) is 1. The molecule has 0 heterocycles. The fourth-order valence-electron chi connectivity index (χ4n) is 2.65.